The Morgan fingerprint density at radius 3 is 1.52 bits per heavy atom. The molecule has 0 aliphatic rings. The number of aromatic carboxylic acids is 2. The molecule has 0 aromatic heterocycles. The molecule has 2 rings (SSSR count). The standard InChI is InChI=1S/C15H14N2O4/c16-10-3-1-8(12(6-10)14(18)19)5-9-2-4-11(17)7-13(9)15(20)21/h1-4,6-7H,5,16-17H2,(H,18,19)(H,20,21). The lowest BCUT2D eigenvalue weighted by Gasteiger charge is -2.10. The molecule has 2 aromatic carbocycles. The van der Waals surface area contributed by atoms with Gasteiger partial charge < -0.3 is 21.7 Å². The molecule has 0 spiro atoms. The van der Waals surface area contributed by atoms with Crippen molar-refractivity contribution < 1.29 is 19.8 Å². The molecule has 21 heavy (non-hydrogen) atoms. The predicted molar refractivity (Wildman–Crippen MR) is 78.4 cm³/mol. The summed E-state index contributed by atoms with van der Waals surface area (Å²) in [4.78, 5) is 22.5. The number of hydrogen-bond donors (Lipinski definition) is 4. The molecule has 0 unspecified atom stereocenters. The second kappa shape index (κ2) is 5.54. The third-order valence-corrected chi connectivity index (χ3v) is 3.11. The minimum absolute atomic E-state index is 0.0585. The lowest BCUT2D eigenvalue weighted by atomic mass is 9.95. The van der Waals surface area contributed by atoms with Crippen molar-refractivity contribution in [3.63, 3.8) is 0 Å². The van der Waals surface area contributed by atoms with Crippen LogP contribution in [0.2, 0.25) is 0 Å². The van der Waals surface area contributed by atoms with Gasteiger partial charge in [-0.1, -0.05) is 12.1 Å². The van der Waals surface area contributed by atoms with E-state index in [1.54, 1.807) is 24.3 Å². The van der Waals surface area contributed by atoms with E-state index in [1.165, 1.54) is 12.1 Å². The zero-order valence-corrected chi connectivity index (χ0v) is 11.0. The second-order valence-corrected chi connectivity index (χ2v) is 4.62. The van der Waals surface area contributed by atoms with Crippen molar-refractivity contribution in [1.29, 1.82) is 0 Å². The quantitative estimate of drug-likeness (QED) is 0.635. The average Bonchev–Trinajstić information content (AvgIpc) is 2.42. The monoisotopic (exact) mass is 286 g/mol. The number of rotatable bonds is 4. The molecular formula is C15H14N2O4. The fourth-order valence-corrected chi connectivity index (χ4v) is 2.10. The van der Waals surface area contributed by atoms with Crippen LogP contribution in [0, 0.1) is 0 Å². The van der Waals surface area contributed by atoms with Gasteiger partial charge in [-0.3, -0.25) is 0 Å². The maximum atomic E-state index is 11.2. The molecule has 0 amide bonds. The number of benzene rings is 2. The van der Waals surface area contributed by atoms with E-state index in [2.05, 4.69) is 0 Å². The summed E-state index contributed by atoms with van der Waals surface area (Å²) < 4.78 is 0. The summed E-state index contributed by atoms with van der Waals surface area (Å²) in [5.74, 6) is -2.21. The van der Waals surface area contributed by atoms with Crippen LogP contribution in [-0.2, 0) is 6.42 Å². The molecule has 6 nitrogen and oxygen atoms in total. The maximum Gasteiger partial charge on any atom is 0.336 e. The summed E-state index contributed by atoms with van der Waals surface area (Å²) in [5, 5.41) is 18.4. The number of hydrogen-bond acceptors (Lipinski definition) is 4. The molecule has 0 radical (unpaired) electrons. The van der Waals surface area contributed by atoms with Crippen molar-refractivity contribution in [2.24, 2.45) is 0 Å². The van der Waals surface area contributed by atoms with E-state index in [0.29, 0.717) is 22.5 Å². The van der Waals surface area contributed by atoms with E-state index >= 15 is 0 Å². The van der Waals surface area contributed by atoms with E-state index in [-0.39, 0.29) is 17.5 Å². The molecule has 0 bridgehead atoms. The van der Waals surface area contributed by atoms with Crippen LogP contribution in [-0.4, -0.2) is 22.2 Å². The molecule has 0 heterocycles. The fraction of sp³-hybridized carbons (Fsp3) is 0.0667. The van der Waals surface area contributed by atoms with Gasteiger partial charge in [0.2, 0.25) is 0 Å². The third-order valence-electron chi connectivity index (χ3n) is 3.11. The first-order chi connectivity index (χ1) is 9.88. The number of carboxylic acids is 2. The summed E-state index contributed by atoms with van der Waals surface area (Å²) >= 11 is 0. The van der Waals surface area contributed by atoms with Gasteiger partial charge in [0, 0.05) is 11.4 Å². The first-order valence-electron chi connectivity index (χ1n) is 6.12. The summed E-state index contributed by atoms with van der Waals surface area (Å²) in [6.45, 7) is 0. The van der Waals surface area contributed by atoms with Gasteiger partial charge in [0.25, 0.3) is 0 Å². The second-order valence-electron chi connectivity index (χ2n) is 4.62. The van der Waals surface area contributed by atoms with E-state index in [1.807, 2.05) is 0 Å². The average molecular weight is 286 g/mol. The van der Waals surface area contributed by atoms with E-state index in [4.69, 9.17) is 11.5 Å². The largest absolute Gasteiger partial charge is 0.478 e. The van der Waals surface area contributed by atoms with Crippen molar-refractivity contribution in [3.8, 4) is 0 Å². The molecule has 0 saturated heterocycles. The zero-order chi connectivity index (χ0) is 15.6. The van der Waals surface area contributed by atoms with Crippen molar-refractivity contribution in [1.82, 2.24) is 0 Å². The Balaban J connectivity index is 2.48. The van der Waals surface area contributed by atoms with Crippen LogP contribution in [0.3, 0.4) is 0 Å². The Labute approximate surface area is 120 Å². The Kier molecular flexibility index (Phi) is 3.80. The maximum absolute atomic E-state index is 11.2. The van der Waals surface area contributed by atoms with Gasteiger partial charge in [0.15, 0.2) is 0 Å². The van der Waals surface area contributed by atoms with Gasteiger partial charge in [-0.2, -0.15) is 0 Å². The Morgan fingerprint density at radius 2 is 1.19 bits per heavy atom. The lowest BCUT2D eigenvalue weighted by Crippen LogP contribution is -2.08. The first-order valence-corrected chi connectivity index (χ1v) is 6.12. The van der Waals surface area contributed by atoms with Crippen LogP contribution in [0.4, 0.5) is 11.4 Å². The van der Waals surface area contributed by atoms with E-state index < -0.39 is 11.9 Å². The number of anilines is 2. The SMILES string of the molecule is Nc1ccc(Cc2ccc(N)cc2C(=O)O)c(C(=O)O)c1. The normalized spacial score (nSPS) is 10.3. The molecule has 0 fully saturated rings. The number of carboxylic acid groups (broad SMARTS) is 2. The van der Waals surface area contributed by atoms with Gasteiger partial charge in [0.05, 0.1) is 11.1 Å². The van der Waals surface area contributed by atoms with Gasteiger partial charge in [0.1, 0.15) is 0 Å². The van der Waals surface area contributed by atoms with Crippen molar-refractivity contribution in [2.75, 3.05) is 11.5 Å². The van der Waals surface area contributed by atoms with Crippen LogP contribution in [0.15, 0.2) is 36.4 Å². The predicted octanol–water partition coefficient (Wildman–Crippen LogP) is 1.84. The molecule has 2 aromatic rings. The highest BCUT2D eigenvalue weighted by Gasteiger charge is 2.15. The molecule has 0 saturated carbocycles. The molecular weight excluding hydrogens is 272 g/mol. The third kappa shape index (κ3) is 3.11. The minimum atomic E-state index is -1.11. The van der Waals surface area contributed by atoms with Crippen LogP contribution in [0.5, 0.6) is 0 Å². The topological polar surface area (TPSA) is 127 Å². The first kappa shape index (κ1) is 14.4. The zero-order valence-electron chi connectivity index (χ0n) is 11.0. The Hall–Kier alpha value is -3.02. The molecule has 108 valence electrons. The van der Waals surface area contributed by atoms with Crippen LogP contribution in [0.1, 0.15) is 31.8 Å². The Bertz CT molecular complexity index is 664. The smallest absolute Gasteiger partial charge is 0.336 e. The van der Waals surface area contributed by atoms with Crippen molar-refractivity contribution in [2.45, 2.75) is 6.42 Å². The highest BCUT2D eigenvalue weighted by atomic mass is 16.4. The van der Waals surface area contributed by atoms with Crippen molar-refractivity contribution in [3.05, 3.63) is 58.7 Å². The van der Waals surface area contributed by atoms with Gasteiger partial charge in [-0.05, 0) is 41.8 Å². The van der Waals surface area contributed by atoms with Crippen LogP contribution < -0.4 is 11.5 Å². The van der Waals surface area contributed by atoms with E-state index in [0.717, 1.165) is 0 Å². The molecule has 6 heteroatoms. The van der Waals surface area contributed by atoms with Gasteiger partial charge in [-0.25, -0.2) is 9.59 Å². The fourth-order valence-electron chi connectivity index (χ4n) is 2.10. The van der Waals surface area contributed by atoms with Crippen LogP contribution >= 0.6 is 0 Å². The molecule has 0 atom stereocenters. The number of nitrogen functional groups attached to an aromatic ring is 2. The van der Waals surface area contributed by atoms with Gasteiger partial charge in [-0.15, -0.1) is 0 Å². The summed E-state index contributed by atoms with van der Waals surface area (Å²) in [6, 6.07) is 9.05. The number of carbonyl (C=O) groups is 2. The lowest BCUT2D eigenvalue weighted by molar-refractivity contribution is 0.0686. The molecule has 6 N–H and O–H groups in total. The minimum Gasteiger partial charge on any atom is -0.478 e. The van der Waals surface area contributed by atoms with Gasteiger partial charge >= 0.3 is 11.9 Å². The summed E-state index contributed by atoms with van der Waals surface area (Å²) in [5.41, 5.74) is 12.9. The highest BCUT2D eigenvalue weighted by Crippen LogP contribution is 2.21. The Morgan fingerprint density at radius 1 is 0.810 bits per heavy atom. The van der Waals surface area contributed by atoms with Crippen LogP contribution in [0.25, 0.3) is 0 Å². The van der Waals surface area contributed by atoms with E-state index in [9.17, 15) is 19.8 Å². The summed E-state index contributed by atoms with van der Waals surface area (Å²) in [7, 11) is 0. The molecule has 0 aliphatic carbocycles. The van der Waals surface area contributed by atoms with Crippen molar-refractivity contribution >= 4 is 23.3 Å². The highest BCUT2D eigenvalue weighted by molar-refractivity contribution is 5.92. The number of nitrogens with two attached hydrogens (primary N) is 2. The summed E-state index contributed by atoms with van der Waals surface area (Å²) in [6.07, 6.45) is 0.170. The molecule has 0 aliphatic heterocycles.